The summed E-state index contributed by atoms with van der Waals surface area (Å²) in [6.45, 7) is 4.56. The topological polar surface area (TPSA) is 59.0 Å². The van der Waals surface area contributed by atoms with E-state index in [1.54, 1.807) is 14.2 Å². The molecule has 110 valence electrons. The van der Waals surface area contributed by atoms with E-state index in [4.69, 9.17) is 14.6 Å². The summed E-state index contributed by atoms with van der Waals surface area (Å²) in [5.41, 5.74) is 2.35. The van der Waals surface area contributed by atoms with Crippen molar-refractivity contribution in [1.82, 2.24) is 4.90 Å². The molecule has 0 amide bonds. The molecule has 1 N–H and O–H groups in total. The Labute approximate surface area is 119 Å². The van der Waals surface area contributed by atoms with Gasteiger partial charge < -0.3 is 14.6 Å². The summed E-state index contributed by atoms with van der Waals surface area (Å²) < 4.78 is 10.6. The van der Waals surface area contributed by atoms with Gasteiger partial charge in [0, 0.05) is 19.6 Å². The number of carboxylic acid groups (broad SMARTS) is 1. The first-order chi connectivity index (χ1) is 9.53. The maximum atomic E-state index is 10.6. The predicted octanol–water partition coefficient (Wildman–Crippen LogP) is 1.92. The number of carboxylic acids is 1. The van der Waals surface area contributed by atoms with Gasteiger partial charge in [0.05, 0.1) is 20.6 Å². The maximum Gasteiger partial charge on any atom is 0.303 e. The summed E-state index contributed by atoms with van der Waals surface area (Å²) in [6, 6.07) is 3.97. The summed E-state index contributed by atoms with van der Waals surface area (Å²) in [4.78, 5) is 12.9. The Bertz CT molecular complexity index is 495. The van der Waals surface area contributed by atoms with Gasteiger partial charge in [0.2, 0.25) is 0 Å². The summed E-state index contributed by atoms with van der Waals surface area (Å²) in [5, 5.41) is 8.75. The van der Waals surface area contributed by atoms with E-state index in [1.165, 1.54) is 5.56 Å². The highest BCUT2D eigenvalue weighted by Gasteiger charge is 2.28. The number of rotatable bonds is 6. The van der Waals surface area contributed by atoms with E-state index in [9.17, 15) is 4.79 Å². The second-order valence-electron chi connectivity index (χ2n) is 5.29. The van der Waals surface area contributed by atoms with E-state index in [-0.39, 0.29) is 12.3 Å². The Hall–Kier alpha value is -1.75. The number of aryl methyl sites for hydroxylation is 1. The van der Waals surface area contributed by atoms with Crippen molar-refractivity contribution in [3.63, 3.8) is 0 Å². The maximum absolute atomic E-state index is 10.6. The normalized spacial score (nSPS) is 15.8. The van der Waals surface area contributed by atoms with Crippen molar-refractivity contribution < 1.29 is 19.4 Å². The molecule has 0 bridgehead atoms. The molecule has 1 saturated heterocycles. The van der Waals surface area contributed by atoms with Gasteiger partial charge in [-0.15, -0.1) is 0 Å². The molecule has 5 heteroatoms. The van der Waals surface area contributed by atoms with Crippen LogP contribution in [0.1, 0.15) is 17.5 Å². The molecule has 0 radical (unpaired) electrons. The molecule has 0 saturated carbocycles. The number of hydrogen-bond acceptors (Lipinski definition) is 4. The standard InChI is InChI=1S/C15H21NO4/c1-10-4-13(19-2)14(20-3)6-12(10)9-16-7-11(8-16)5-15(17)18/h4,6,11H,5,7-9H2,1-3H3,(H,17,18). The van der Waals surface area contributed by atoms with Gasteiger partial charge in [0.15, 0.2) is 11.5 Å². The second-order valence-corrected chi connectivity index (χ2v) is 5.29. The molecule has 20 heavy (non-hydrogen) atoms. The van der Waals surface area contributed by atoms with E-state index in [0.717, 1.165) is 36.7 Å². The van der Waals surface area contributed by atoms with Crippen LogP contribution < -0.4 is 9.47 Å². The summed E-state index contributed by atoms with van der Waals surface area (Å²) in [6.07, 6.45) is 0.265. The SMILES string of the molecule is COc1cc(C)c(CN2CC(CC(=O)O)C2)cc1OC. The molecule has 0 atom stereocenters. The first-order valence-electron chi connectivity index (χ1n) is 6.69. The van der Waals surface area contributed by atoms with Crippen molar-refractivity contribution in [2.75, 3.05) is 27.3 Å². The van der Waals surface area contributed by atoms with Crippen LogP contribution in [0.2, 0.25) is 0 Å². The van der Waals surface area contributed by atoms with Crippen molar-refractivity contribution in [2.45, 2.75) is 19.9 Å². The van der Waals surface area contributed by atoms with Crippen LogP contribution >= 0.6 is 0 Å². The van der Waals surface area contributed by atoms with Gasteiger partial charge >= 0.3 is 5.97 Å². The molecule has 0 aromatic heterocycles. The molecule has 1 heterocycles. The van der Waals surface area contributed by atoms with Crippen molar-refractivity contribution in [2.24, 2.45) is 5.92 Å². The number of hydrogen-bond donors (Lipinski definition) is 1. The number of benzene rings is 1. The fourth-order valence-electron chi connectivity index (χ4n) is 2.62. The van der Waals surface area contributed by atoms with Crippen LogP contribution in [0.25, 0.3) is 0 Å². The number of ether oxygens (including phenoxy) is 2. The molecular formula is C15H21NO4. The third kappa shape index (κ3) is 3.22. The second kappa shape index (κ2) is 6.13. The predicted molar refractivity (Wildman–Crippen MR) is 75.3 cm³/mol. The lowest BCUT2D eigenvalue weighted by Gasteiger charge is -2.39. The lowest BCUT2D eigenvalue weighted by Crippen LogP contribution is -2.46. The molecule has 2 rings (SSSR count). The molecule has 0 unspecified atom stereocenters. The summed E-state index contributed by atoms with van der Waals surface area (Å²) in [5.74, 6) is 1.04. The Morgan fingerprint density at radius 3 is 2.45 bits per heavy atom. The number of aliphatic carboxylic acids is 1. The van der Waals surface area contributed by atoms with Gasteiger partial charge in [-0.25, -0.2) is 0 Å². The highest BCUT2D eigenvalue weighted by Crippen LogP contribution is 2.32. The fraction of sp³-hybridized carbons (Fsp3) is 0.533. The Morgan fingerprint density at radius 1 is 1.30 bits per heavy atom. The quantitative estimate of drug-likeness (QED) is 0.862. The van der Waals surface area contributed by atoms with Crippen molar-refractivity contribution in [1.29, 1.82) is 0 Å². The Morgan fingerprint density at radius 2 is 1.90 bits per heavy atom. The lowest BCUT2D eigenvalue weighted by molar-refractivity contribution is -0.139. The first kappa shape index (κ1) is 14.7. The Kier molecular flexibility index (Phi) is 4.49. The molecule has 1 fully saturated rings. The number of methoxy groups -OCH3 is 2. The summed E-state index contributed by atoms with van der Waals surface area (Å²) >= 11 is 0. The van der Waals surface area contributed by atoms with Crippen LogP contribution in [0.3, 0.4) is 0 Å². The zero-order chi connectivity index (χ0) is 14.7. The van der Waals surface area contributed by atoms with Gasteiger partial charge in [0.25, 0.3) is 0 Å². The molecule has 1 aromatic carbocycles. The average Bonchev–Trinajstić information content (AvgIpc) is 2.37. The third-order valence-corrected chi connectivity index (χ3v) is 3.73. The highest BCUT2D eigenvalue weighted by atomic mass is 16.5. The zero-order valence-corrected chi connectivity index (χ0v) is 12.2. The van der Waals surface area contributed by atoms with Gasteiger partial charge in [-0.2, -0.15) is 0 Å². The first-order valence-corrected chi connectivity index (χ1v) is 6.69. The van der Waals surface area contributed by atoms with E-state index < -0.39 is 5.97 Å². The number of carbonyl (C=O) groups is 1. The van der Waals surface area contributed by atoms with Gasteiger partial charge in [-0.05, 0) is 36.1 Å². The van der Waals surface area contributed by atoms with E-state index in [1.807, 2.05) is 19.1 Å². The molecule has 1 aliphatic rings. The molecule has 0 spiro atoms. The van der Waals surface area contributed by atoms with E-state index in [2.05, 4.69) is 4.90 Å². The summed E-state index contributed by atoms with van der Waals surface area (Å²) in [7, 11) is 3.26. The molecular weight excluding hydrogens is 258 g/mol. The fourth-order valence-corrected chi connectivity index (χ4v) is 2.62. The largest absolute Gasteiger partial charge is 0.493 e. The van der Waals surface area contributed by atoms with Gasteiger partial charge in [-0.3, -0.25) is 9.69 Å². The van der Waals surface area contributed by atoms with Crippen LogP contribution in [0.5, 0.6) is 11.5 Å². The van der Waals surface area contributed by atoms with Crippen molar-refractivity contribution in [3.05, 3.63) is 23.3 Å². The van der Waals surface area contributed by atoms with Crippen LogP contribution in [0.4, 0.5) is 0 Å². The van der Waals surface area contributed by atoms with Gasteiger partial charge in [-0.1, -0.05) is 0 Å². The zero-order valence-electron chi connectivity index (χ0n) is 12.2. The molecule has 0 aliphatic carbocycles. The van der Waals surface area contributed by atoms with Gasteiger partial charge in [0.1, 0.15) is 0 Å². The average molecular weight is 279 g/mol. The van der Waals surface area contributed by atoms with Crippen LogP contribution in [-0.2, 0) is 11.3 Å². The minimum Gasteiger partial charge on any atom is -0.493 e. The lowest BCUT2D eigenvalue weighted by atomic mass is 9.95. The van der Waals surface area contributed by atoms with Crippen LogP contribution in [-0.4, -0.2) is 43.3 Å². The monoisotopic (exact) mass is 279 g/mol. The van der Waals surface area contributed by atoms with Crippen molar-refractivity contribution in [3.8, 4) is 11.5 Å². The minimum absolute atomic E-state index is 0.265. The van der Waals surface area contributed by atoms with E-state index >= 15 is 0 Å². The Balaban J connectivity index is 1.99. The minimum atomic E-state index is -0.711. The number of nitrogens with zero attached hydrogens (tertiary/aromatic N) is 1. The highest BCUT2D eigenvalue weighted by molar-refractivity contribution is 5.67. The van der Waals surface area contributed by atoms with Crippen LogP contribution in [0, 0.1) is 12.8 Å². The van der Waals surface area contributed by atoms with E-state index in [0.29, 0.717) is 0 Å². The molecule has 1 aromatic rings. The smallest absolute Gasteiger partial charge is 0.303 e. The number of likely N-dealkylation sites (tertiary alicyclic amines) is 1. The van der Waals surface area contributed by atoms with Crippen LogP contribution in [0.15, 0.2) is 12.1 Å². The molecule has 1 aliphatic heterocycles. The third-order valence-electron chi connectivity index (χ3n) is 3.73. The molecule has 5 nitrogen and oxygen atoms in total. The van der Waals surface area contributed by atoms with Crippen molar-refractivity contribution >= 4 is 5.97 Å².